The number of amides is 1. The molecule has 0 saturated heterocycles. The van der Waals surface area contributed by atoms with Crippen LogP contribution in [0, 0.1) is 5.82 Å². The summed E-state index contributed by atoms with van der Waals surface area (Å²) in [5.41, 5.74) is 8.30. The van der Waals surface area contributed by atoms with Crippen LogP contribution in [0.2, 0.25) is 0 Å². The van der Waals surface area contributed by atoms with Gasteiger partial charge in [0.05, 0.1) is 23.4 Å². The molecule has 0 unspecified atom stereocenters. The predicted molar refractivity (Wildman–Crippen MR) is 106 cm³/mol. The first-order chi connectivity index (χ1) is 14.1. The predicted octanol–water partition coefficient (Wildman–Crippen LogP) is 2.17. The van der Waals surface area contributed by atoms with Gasteiger partial charge in [-0.15, -0.1) is 0 Å². The fourth-order valence-corrected chi connectivity index (χ4v) is 3.25. The van der Waals surface area contributed by atoms with E-state index in [2.05, 4.69) is 25.6 Å². The van der Waals surface area contributed by atoms with Gasteiger partial charge in [0.1, 0.15) is 17.4 Å². The van der Waals surface area contributed by atoms with Crippen molar-refractivity contribution in [2.45, 2.75) is 13.0 Å². The van der Waals surface area contributed by atoms with Gasteiger partial charge in [0, 0.05) is 43.5 Å². The average Bonchev–Trinajstić information content (AvgIpc) is 3.22. The number of halogens is 1. The van der Waals surface area contributed by atoms with Crippen molar-refractivity contribution >= 4 is 17.7 Å². The summed E-state index contributed by atoms with van der Waals surface area (Å²) in [6.07, 6.45) is 3.89. The molecule has 0 fully saturated rings. The molecule has 3 aromatic rings. The summed E-state index contributed by atoms with van der Waals surface area (Å²) in [6.45, 7) is 0.694. The van der Waals surface area contributed by atoms with Gasteiger partial charge in [-0.2, -0.15) is 0 Å². The van der Waals surface area contributed by atoms with Gasteiger partial charge in [0.2, 0.25) is 5.95 Å². The lowest BCUT2D eigenvalue weighted by Crippen LogP contribution is -2.20. The molecule has 3 heterocycles. The van der Waals surface area contributed by atoms with Crippen molar-refractivity contribution in [3.63, 3.8) is 0 Å². The topological polar surface area (TPSA) is 115 Å². The Morgan fingerprint density at radius 2 is 2.17 bits per heavy atom. The van der Waals surface area contributed by atoms with Crippen LogP contribution in [0.4, 0.5) is 16.2 Å². The molecule has 1 aromatic carbocycles. The van der Waals surface area contributed by atoms with Crippen LogP contribution in [0.5, 0.6) is 5.75 Å². The van der Waals surface area contributed by atoms with Crippen LogP contribution in [-0.2, 0) is 13.0 Å². The zero-order chi connectivity index (χ0) is 20.4. The highest BCUT2D eigenvalue weighted by molar-refractivity contribution is 5.94. The molecule has 1 aliphatic rings. The van der Waals surface area contributed by atoms with Gasteiger partial charge >= 0.3 is 0 Å². The summed E-state index contributed by atoms with van der Waals surface area (Å²) < 4.78 is 20.4. The van der Waals surface area contributed by atoms with Crippen molar-refractivity contribution in [3.05, 3.63) is 59.2 Å². The lowest BCUT2D eigenvalue weighted by Gasteiger charge is -2.13. The Balaban J connectivity index is 1.62. The highest BCUT2D eigenvalue weighted by Crippen LogP contribution is 2.39. The van der Waals surface area contributed by atoms with Gasteiger partial charge in [0.25, 0.3) is 5.91 Å². The zero-order valence-electron chi connectivity index (χ0n) is 15.7. The fourth-order valence-electron chi connectivity index (χ4n) is 3.25. The number of nitrogen functional groups attached to an aromatic ring is 1. The molecule has 1 amide bonds. The number of carbonyl (C=O) groups excluding carboxylic acids is 1. The molecule has 9 heteroatoms. The highest BCUT2D eigenvalue weighted by atomic mass is 19.1. The number of fused-ring (bicyclic) bond motifs is 1. The van der Waals surface area contributed by atoms with E-state index in [4.69, 9.17) is 10.5 Å². The van der Waals surface area contributed by atoms with Gasteiger partial charge in [-0.25, -0.2) is 19.3 Å². The van der Waals surface area contributed by atoms with E-state index in [9.17, 15) is 9.18 Å². The summed E-state index contributed by atoms with van der Waals surface area (Å²) in [6, 6.07) is 6.46. The second-order valence-electron chi connectivity index (χ2n) is 6.44. The zero-order valence-corrected chi connectivity index (χ0v) is 15.7. The normalized spacial score (nSPS) is 12.2. The molecule has 8 nitrogen and oxygen atoms in total. The van der Waals surface area contributed by atoms with Gasteiger partial charge in [0.15, 0.2) is 0 Å². The minimum Gasteiger partial charge on any atom is -0.492 e. The molecule has 148 valence electrons. The maximum atomic E-state index is 14.6. The quantitative estimate of drug-likeness (QED) is 0.607. The third-order valence-corrected chi connectivity index (χ3v) is 4.67. The van der Waals surface area contributed by atoms with Gasteiger partial charge in [-0.05, 0) is 12.1 Å². The van der Waals surface area contributed by atoms with E-state index in [0.717, 1.165) is 11.1 Å². The van der Waals surface area contributed by atoms with E-state index >= 15 is 0 Å². The van der Waals surface area contributed by atoms with E-state index in [0.29, 0.717) is 35.9 Å². The molecule has 0 spiro atoms. The molecule has 4 rings (SSSR count). The lowest BCUT2D eigenvalue weighted by atomic mass is 10.1. The summed E-state index contributed by atoms with van der Waals surface area (Å²) in [5, 5.41) is 5.59. The molecule has 0 atom stereocenters. The molecule has 0 bridgehead atoms. The van der Waals surface area contributed by atoms with Gasteiger partial charge < -0.3 is 21.1 Å². The van der Waals surface area contributed by atoms with Crippen LogP contribution < -0.4 is 21.1 Å². The third kappa shape index (κ3) is 3.54. The minimum atomic E-state index is -0.555. The molecule has 2 aromatic heterocycles. The van der Waals surface area contributed by atoms with Crippen LogP contribution in [-0.4, -0.2) is 34.5 Å². The smallest absolute Gasteiger partial charge is 0.254 e. The van der Waals surface area contributed by atoms with Crippen molar-refractivity contribution in [1.82, 2.24) is 20.3 Å². The van der Waals surface area contributed by atoms with E-state index in [1.165, 1.54) is 13.1 Å². The first kappa shape index (κ1) is 18.6. The SMILES string of the molecule is CNC(=O)c1cccc(CNc2ncc(-c3ccnc(N)n3)c3c2CCO3)c1F. The standard InChI is InChI=1S/C20H19FN6O2/c1-23-19(28)12-4-2-3-11(16(12)21)9-25-18-13-6-8-29-17(13)14(10-26-18)15-5-7-24-20(22)27-15/h2-5,7,10H,6,8-9H2,1H3,(H,23,28)(H,25,26)(H2,22,24,27). The summed E-state index contributed by atoms with van der Waals surface area (Å²) >= 11 is 0. The number of hydrogen-bond donors (Lipinski definition) is 3. The Bertz CT molecular complexity index is 1090. The molecule has 0 aliphatic carbocycles. The summed E-state index contributed by atoms with van der Waals surface area (Å²) in [4.78, 5) is 24.4. The third-order valence-electron chi connectivity index (χ3n) is 4.67. The number of carbonyl (C=O) groups is 1. The van der Waals surface area contributed by atoms with Crippen molar-refractivity contribution in [2.24, 2.45) is 0 Å². The van der Waals surface area contributed by atoms with Crippen LogP contribution in [0.3, 0.4) is 0 Å². The summed E-state index contributed by atoms with van der Waals surface area (Å²) in [5.74, 6) is 0.432. The molecule has 4 N–H and O–H groups in total. The number of nitrogens with two attached hydrogens (primary N) is 1. The second-order valence-corrected chi connectivity index (χ2v) is 6.44. The van der Waals surface area contributed by atoms with E-state index < -0.39 is 11.7 Å². The Morgan fingerprint density at radius 1 is 1.31 bits per heavy atom. The minimum absolute atomic E-state index is 0.00465. The summed E-state index contributed by atoms with van der Waals surface area (Å²) in [7, 11) is 1.47. The molecule has 1 aliphatic heterocycles. The number of rotatable bonds is 5. The Morgan fingerprint density at radius 3 is 2.97 bits per heavy atom. The average molecular weight is 394 g/mol. The van der Waals surface area contributed by atoms with Crippen molar-refractivity contribution < 1.29 is 13.9 Å². The maximum Gasteiger partial charge on any atom is 0.254 e. The number of pyridine rings is 1. The molecular formula is C20H19FN6O2. The molecular weight excluding hydrogens is 375 g/mol. The fraction of sp³-hybridized carbons (Fsp3) is 0.200. The number of nitrogens with one attached hydrogen (secondary N) is 2. The lowest BCUT2D eigenvalue weighted by molar-refractivity contribution is 0.0959. The first-order valence-electron chi connectivity index (χ1n) is 9.05. The monoisotopic (exact) mass is 394 g/mol. The molecule has 29 heavy (non-hydrogen) atoms. The first-order valence-corrected chi connectivity index (χ1v) is 9.05. The number of aromatic nitrogens is 3. The Hall–Kier alpha value is -3.75. The van der Waals surface area contributed by atoms with Crippen molar-refractivity contribution in [2.75, 3.05) is 24.7 Å². The van der Waals surface area contributed by atoms with Crippen LogP contribution >= 0.6 is 0 Å². The number of anilines is 2. The van der Waals surface area contributed by atoms with E-state index in [-0.39, 0.29) is 18.1 Å². The highest BCUT2D eigenvalue weighted by Gasteiger charge is 2.23. The largest absolute Gasteiger partial charge is 0.492 e. The van der Waals surface area contributed by atoms with Crippen LogP contribution in [0.1, 0.15) is 21.5 Å². The Labute approximate surface area is 166 Å². The number of benzene rings is 1. The maximum absolute atomic E-state index is 14.6. The van der Waals surface area contributed by atoms with E-state index in [1.807, 2.05) is 0 Å². The van der Waals surface area contributed by atoms with Gasteiger partial charge in [-0.1, -0.05) is 12.1 Å². The number of ether oxygens (including phenoxy) is 1. The van der Waals surface area contributed by atoms with Crippen LogP contribution in [0.15, 0.2) is 36.7 Å². The number of hydrogen-bond acceptors (Lipinski definition) is 7. The van der Waals surface area contributed by atoms with Gasteiger partial charge in [-0.3, -0.25) is 4.79 Å². The van der Waals surface area contributed by atoms with Crippen LogP contribution in [0.25, 0.3) is 11.3 Å². The van der Waals surface area contributed by atoms with E-state index in [1.54, 1.807) is 30.6 Å². The Kier molecular flexibility index (Phi) is 4.94. The second kappa shape index (κ2) is 7.70. The molecule has 0 radical (unpaired) electrons. The van der Waals surface area contributed by atoms with Crippen molar-refractivity contribution in [3.8, 4) is 17.0 Å². The number of nitrogens with zero attached hydrogens (tertiary/aromatic N) is 3. The molecule has 0 saturated carbocycles. The van der Waals surface area contributed by atoms with Crippen molar-refractivity contribution in [1.29, 1.82) is 0 Å².